The summed E-state index contributed by atoms with van der Waals surface area (Å²) in [5.74, 6) is 5.81. The molecular formula is C8H10N6O2S2. The number of thiazole rings is 1. The zero-order chi connectivity index (χ0) is 13.1. The lowest BCUT2D eigenvalue weighted by atomic mass is 10.6. The van der Waals surface area contributed by atoms with Crippen molar-refractivity contribution in [1.29, 1.82) is 0 Å². The molecule has 0 amide bonds. The first-order valence-corrected chi connectivity index (χ1v) is 6.62. The number of aromatic amines is 1. The van der Waals surface area contributed by atoms with Gasteiger partial charge in [0.25, 0.3) is 0 Å². The summed E-state index contributed by atoms with van der Waals surface area (Å²) in [6, 6.07) is 0. The Labute approximate surface area is 109 Å². The molecule has 10 heteroatoms. The average Bonchev–Trinajstić information content (AvgIpc) is 2.80. The van der Waals surface area contributed by atoms with Crippen molar-refractivity contribution in [2.75, 3.05) is 5.43 Å². The predicted octanol–water partition coefficient (Wildman–Crippen LogP) is -0.497. The van der Waals surface area contributed by atoms with Crippen LogP contribution in [0.3, 0.4) is 0 Å². The molecule has 0 spiro atoms. The Bertz CT molecular complexity index is 660. The molecule has 0 bridgehead atoms. The van der Waals surface area contributed by atoms with E-state index in [9.17, 15) is 9.59 Å². The molecule has 2 aromatic rings. The molecule has 2 aromatic heterocycles. The number of anilines is 1. The largest absolute Gasteiger partial charge is 0.339 e. The predicted molar refractivity (Wildman–Crippen MR) is 69.6 cm³/mol. The fourth-order valence-electron chi connectivity index (χ4n) is 1.17. The number of nitrogens with two attached hydrogens (primary N) is 1. The van der Waals surface area contributed by atoms with Crippen LogP contribution in [0.4, 0.5) is 5.13 Å². The number of rotatable bonds is 4. The van der Waals surface area contributed by atoms with E-state index in [1.54, 1.807) is 13.2 Å². The van der Waals surface area contributed by atoms with Crippen molar-refractivity contribution < 1.29 is 0 Å². The number of hydrazine groups is 1. The average molecular weight is 286 g/mol. The summed E-state index contributed by atoms with van der Waals surface area (Å²) < 4.78 is 1.41. The summed E-state index contributed by atoms with van der Waals surface area (Å²) in [5.41, 5.74) is 0.938. The Morgan fingerprint density at radius 1 is 1.61 bits per heavy atom. The second-order valence-electron chi connectivity index (χ2n) is 3.26. The van der Waals surface area contributed by atoms with Crippen LogP contribution >= 0.6 is 23.1 Å². The Balaban J connectivity index is 2.13. The molecule has 0 aliphatic carbocycles. The van der Waals surface area contributed by atoms with Crippen LogP contribution in [0.15, 0.2) is 20.9 Å². The molecule has 0 saturated carbocycles. The van der Waals surface area contributed by atoms with Gasteiger partial charge in [-0.2, -0.15) is 4.98 Å². The summed E-state index contributed by atoms with van der Waals surface area (Å²) in [5, 5.41) is 3.44. The topological polar surface area (TPSA) is 119 Å². The third kappa shape index (κ3) is 2.78. The molecule has 18 heavy (non-hydrogen) atoms. The van der Waals surface area contributed by atoms with E-state index in [-0.39, 0.29) is 0 Å². The molecule has 96 valence electrons. The molecule has 0 aliphatic heterocycles. The van der Waals surface area contributed by atoms with Crippen molar-refractivity contribution in [2.24, 2.45) is 12.9 Å². The van der Waals surface area contributed by atoms with E-state index in [2.05, 4.69) is 20.5 Å². The van der Waals surface area contributed by atoms with Gasteiger partial charge in [0.05, 0.1) is 0 Å². The van der Waals surface area contributed by atoms with Gasteiger partial charge in [0.15, 0.2) is 10.3 Å². The third-order valence-corrected chi connectivity index (χ3v) is 4.16. The minimum Gasteiger partial charge on any atom is -0.300 e. The lowest BCUT2D eigenvalue weighted by Gasteiger charge is -2.04. The molecule has 0 fully saturated rings. The van der Waals surface area contributed by atoms with E-state index in [0.29, 0.717) is 16.0 Å². The van der Waals surface area contributed by atoms with E-state index in [4.69, 9.17) is 5.84 Å². The first kappa shape index (κ1) is 12.8. The highest BCUT2D eigenvalue weighted by atomic mass is 32.2. The fraction of sp³-hybridized carbons (Fsp3) is 0.250. The quantitative estimate of drug-likeness (QED) is 0.300. The Kier molecular flexibility index (Phi) is 3.79. The van der Waals surface area contributed by atoms with E-state index >= 15 is 0 Å². The molecule has 0 saturated heterocycles. The number of nitrogens with zero attached hydrogens (tertiary/aromatic N) is 3. The number of thioether (sulfide) groups is 1. The zero-order valence-corrected chi connectivity index (χ0v) is 11.0. The molecule has 0 radical (unpaired) electrons. The first-order chi connectivity index (χ1) is 8.60. The third-order valence-electron chi connectivity index (χ3n) is 1.97. The van der Waals surface area contributed by atoms with Gasteiger partial charge in [0.1, 0.15) is 0 Å². The highest BCUT2D eigenvalue weighted by Gasteiger charge is 2.07. The van der Waals surface area contributed by atoms with Crippen molar-refractivity contribution in [3.05, 3.63) is 31.8 Å². The molecule has 0 aliphatic rings. The monoisotopic (exact) mass is 286 g/mol. The first-order valence-electron chi connectivity index (χ1n) is 4.81. The van der Waals surface area contributed by atoms with Gasteiger partial charge in [-0.3, -0.25) is 24.8 Å². The number of nitrogens with one attached hydrogen (secondary N) is 2. The number of H-pyrrole nitrogens is 1. The lowest BCUT2D eigenvalue weighted by Crippen LogP contribution is -2.33. The Hall–Kier alpha value is -1.65. The fourth-order valence-corrected chi connectivity index (χ4v) is 2.83. The van der Waals surface area contributed by atoms with Crippen LogP contribution in [0.2, 0.25) is 0 Å². The van der Waals surface area contributed by atoms with Crippen LogP contribution in [0.5, 0.6) is 0 Å². The molecule has 0 unspecified atom stereocenters. The van der Waals surface area contributed by atoms with Crippen molar-refractivity contribution >= 4 is 28.2 Å². The molecule has 4 N–H and O–H groups in total. The van der Waals surface area contributed by atoms with Gasteiger partial charge >= 0.3 is 11.1 Å². The summed E-state index contributed by atoms with van der Waals surface area (Å²) in [6.07, 6.45) is 1.69. The number of aromatic nitrogens is 4. The van der Waals surface area contributed by atoms with Crippen molar-refractivity contribution in [3.63, 3.8) is 0 Å². The highest BCUT2D eigenvalue weighted by Crippen LogP contribution is 2.24. The number of hydrogen-bond donors (Lipinski definition) is 3. The van der Waals surface area contributed by atoms with Crippen molar-refractivity contribution in [1.82, 2.24) is 19.7 Å². The van der Waals surface area contributed by atoms with Gasteiger partial charge in [0, 0.05) is 23.9 Å². The zero-order valence-electron chi connectivity index (χ0n) is 9.34. The smallest absolute Gasteiger partial charge is 0.300 e. The molecular weight excluding hydrogens is 276 g/mol. The lowest BCUT2D eigenvalue weighted by molar-refractivity contribution is 0.596. The molecule has 2 heterocycles. The van der Waals surface area contributed by atoms with Crippen LogP contribution in [-0.2, 0) is 12.8 Å². The Morgan fingerprint density at radius 3 is 3.06 bits per heavy atom. The van der Waals surface area contributed by atoms with Crippen LogP contribution in [0, 0.1) is 0 Å². The van der Waals surface area contributed by atoms with Gasteiger partial charge < -0.3 is 0 Å². The minimum absolute atomic E-state index is 0.440. The second kappa shape index (κ2) is 5.33. The van der Waals surface area contributed by atoms with Gasteiger partial charge in [-0.1, -0.05) is 11.8 Å². The van der Waals surface area contributed by atoms with E-state index < -0.39 is 11.1 Å². The summed E-state index contributed by atoms with van der Waals surface area (Å²) in [7, 11) is 1.62. The number of hydrogen-bond acceptors (Lipinski definition) is 8. The van der Waals surface area contributed by atoms with E-state index in [1.165, 1.54) is 27.8 Å². The maximum Gasteiger partial charge on any atom is 0.339 e. The van der Waals surface area contributed by atoms with Crippen LogP contribution in [0.1, 0.15) is 4.88 Å². The number of aryl methyl sites for hydroxylation is 1. The van der Waals surface area contributed by atoms with Gasteiger partial charge in [-0.25, -0.2) is 10.8 Å². The summed E-state index contributed by atoms with van der Waals surface area (Å²) in [4.78, 5) is 30.8. The molecule has 8 nitrogen and oxygen atoms in total. The standard InChI is InChI=1S/C8H10N6O2S2/c1-14-8(11-5(15)6(16)13-14)17-3-4-2-10-7(12-9)18-4/h2H,3,9H2,1H3,(H,10,12)(H,13,16). The summed E-state index contributed by atoms with van der Waals surface area (Å²) in [6.45, 7) is 0. The molecule has 0 atom stereocenters. The normalized spacial score (nSPS) is 10.6. The highest BCUT2D eigenvalue weighted by molar-refractivity contribution is 7.98. The minimum atomic E-state index is -0.788. The van der Waals surface area contributed by atoms with Gasteiger partial charge in [0.2, 0.25) is 0 Å². The molecule has 2 rings (SSSR count). The maximum absolute atomic E-state index is 11.1. The van der Waals surface area contributed by atoms with Crippen LogP contribution < -0.4 is 22.4 Å². The van der Waals surface area contributed by atoms with Crippen molar-refractivity contribution in [2.45, 2.75) is 10.9 Å². The molecule has 0 aromatic carbocycles. The number of nitrogen functional groups attached to an aromatic ring is 1. The van der Waals surface area contributed by atoms with E-state index in [1.807, 2.05) is 0 Å². The van der Waals surface area contributed by atoms with Gasteiger partial charge in [-0.05, 0) is 0 Å². The Morgan fingerprint density at radius 2 is 2.39 bits per heavy atom. The van der Waals surface area contributed by atoms with E-state index in [0.717, 1.165) is 4.88 Å². The van der Waals surface area contributed by atoms with Crippen LogP contribution in [0.25, 0.3) is 0 Å². The second-order valence-corrected chi connectivity index (χ2v) is 5.32. The van der Waals surface area contributed by atoms with Gasteiger partial charge in [-0.15, -0.1) is 11.3 Å². The SMILES string of the molecule is Cn1[nH]c(=O)c(=O)nc1SCc1cnc(NN)s1. The van der Waals surface area contributed by atoms with Crippen LogP contribution in [-0.4, -0.2) is 19.7 Å². The van der Waals surface area contributed by atoms with Crippen molar-refractivity contribution in [3.8, 4) is 0 Å². The summed E-state index contributed by atoms with van der Waals surface area (Å²) >= 11 is 2.74. The maximum atomic E-state index is 11.1.